The van der Waals surface area contributed by atoms with Crippen LogP contribution in [0.25, 0.3) is 0 Å². The Morgan fingerprint density at radius 2 is 2.33 bits per heavy atom. The molecule has 0 aromatic rings. The van der Waals surface area contributed by atoms with E-state index in [1.165, 1.54) is 6.47 Å². The van der Waals surface area contributed by atoms with Crippen LogP contribution in [0.1, 0.15) is 20.3 Å². The lowest BCUT2D eigenvalue weighted by molar-refractivity contribution is 0.199. The molecule has 0 fully saturated rings. The zero-order valence-electron chi connectivity index (χ0n) is 5.60. The highest BCUT2D eigenvalue weighted by Gasteiger charge is 1.96. The molecule has 0 aliphatic carbocycles. The summed E-state index contributed by atoms with van der Waals surface area (Å²) in [6.45, 7) is 4.88. The average Bonchev–Trinajstić information content (AvgIpc) is 1.85. The summed E-state index contributed by atoms with van der Waals surface area (Å²) in [7, 11) is 0. The van der Waals surface area contributed by atoms with E-state index in [1.807, 2.05) is 0 Å². The summed E-state index contributed by atoms with van der Waals surface area (Å²) < 4.78 is 4.44. The molecule has 0 N–H and O–H groups in total. The van der Waals surface area contributed by atoms with Gasteiger partial charge in [-0.3, -0.25) is 0 Å². The molecule has 1 unspecified atom stereocenters. The molecule has 0 aromatic carbocycles. The van der Waals surface area contributed by atoms with Crippen molar-refractivity contribution in [3.8, 4) is 11.8 Å². The van der Waals surface area contributed by atoms with Crippen LogP contribution in [0.4, 0.5) is 0 Å². The van der Waals surface area contributed by atoms with Crippen LogP contribution in [-0.2, 0) is 9.53 Å². The van der Waals surface area contributed by atoms with Crippen LogP contribution >= 0.6 is 0 Å². The number of rotatable bonds is 3. The van der Waals surface area contributed by atoms with Gasteiger partial charge in [-0.15, -0.1) is 5.92 Å². The molecule has 0 bridgehead atoms. The number of ether oxygens (including phenoxy) is 1. The average molecular weight is 125 g/mol. The first-order valence-electron chi connectivity index (χ1n) is 2.73. The van der Waals surface area contributed by atoms with E-state index in [9.17, 15) is 4.79 Å². The van der Waals surface area contributed by atoms with Crippen molar-refractivity contribution in [2.45, 2.75) is 26.4 Å². The van der Waals surface area contributed by atoms with Gasteiger partial charge in [0.1, 0.15) is 6.10 Å². The summed E-state index contributed by atoms with van der Waals surface area (Å²) in [6, 6.07) is 0. The van der Waals surface area contributed by atoms with Crippen LogP contribution in [0.5, 0.6) is 0 Å². The highest BCUT2D eigenvalue weighted by atomic mass is 16.5. The van der Waals surface area contributed by atoms with Gasteiger partial charge in [0.05, 0.1) is 0 Å². The Labute approximate surface area is 55.2 Å². The number of hydrogen-bond acceptors (Lipinski definition) is 2. The minimum atomic E-state index is -0.130. The van der Waals surface area contributed by atoms with Gasteiger partial charge in [0.15, 0.2) is 0 Å². The first-order chi connectivity index (χ1) is 4.31. The molecule has 0 spiro atoms. The van der Waals surface area contributed by atoms with Crippen LogP contribution in [0.2, 0.25) is 0 Å². The number of carbonyl (C=O) groups excluding carboxylic acids is 1. The topological polar surface area (TPSA) is 26.3 Å². The van der Waals surface area contributed by atoms with Crippen molar-refractivity contribution < 1.29 is 9.53 Å². The highest BCUT2D eigenvalue weighted by Crippen LogP contribution is 1.91. The van der Waals surface area contributed by atoms with Crippen LogP contribution in [-0.4, -0.2) is 12.6 Å². The van der Waals surface area contributed by atoms with Crippen molar-refractivity contribution >= 4 is 6.47 Å². The molecule has 0 aliphatic heterocycles. The zero-order valence-corrected chi connectivity index (χ0v) is 5.60. The molecule has 0 amide bonds. The molecule has 0 aliphatic rings. The third-order valence-corrected chi connectivity index (χ3v) is 0.816. The molecular formula is C7H9O2. The van der Waals surface area contributed by atoms with E-state index in [-0.39, 0.29) is 6.10 Å². The summed E-state index contributed by atoms with van der Waals surface area (Å²) in [5, 5.41) is 0. The van der Waals surface area contributed by atoms with Crippen molar-refractivity contribution in [1.29, 1.82) is 0 Å². The lowest BCUT2D eigenvalue weighted by Crippen LogP contribution is -2.04. The minimum absolute atomic E-state index is 0.130. The summed E-state index contributed by atoms with van der Waals surface area (Å²) in [4.78, 5) is 9.58. The third-order valence-electron chi connectivity index (χ3n) is 0.816. The summed E-state index contributed by atoms with van der Waals surface area (Å²) >= 11 is 0. The van der Waals surface area contributed by atoms with E-state index < -0.39 is 0 Å². The third kappa shape index (κ3) is 4.89. The molecule has 1 atom stereocenters. The molecule has 0 saturated heterocycles. The molecule has 0 aromatic heterocycles. The zero-order chi connectivity index (χ0) is 7.11. The minimum Gasteiger partial charge on any atom is -0.453 e. The molecule has 2 nitrogen and oxygen atoms in total. The van der Waals surface area contributed by atoms with Crippen molar-refractivity contribution in [3.63, 3.8) is 0 Å². The van der Waals surface area contributed by atoms with E-state index in [0.717, 1.165) is 0 Å². The maximum Gasteiger partial charge on any atom is 0.417 e. The van der Waals surface area contributed by atoms with Gasteiger partial charge in [0.2, 0.25) is 0 Å². The maximum absolute atomic E-state index is 9.58. The highest BCUT2D eigenvalue weighted by molar-refractivity contribution is 5.38. The van der Waals surface area contributed by atoms with E-state index in [0.29, 0.717) is 6.42 Å². The van der Waals surface area contributed by atoms with Crippen LogP contribution in [0.15, 0.2) is 0 Å². The molecule has 2 heteroatoms. The largest absolute Gasteiger partial charge is 0.453 e. The predicted octanol–water partition coefficient (Wildman–Crippen LogP) is 0.872. The Morgan fingerprint density at radius 1 is 1.67 bits per heavy atom. The fraction of sp³-hybridized carbons (Fsp3) is 0.571. The van der Waals surface area contributed by atoms with Gasteiger partial charge >= 0.3 is 6.47 Å². The van der Waals surface area contributed by atoms with Gasteiger partial charge in [-0.05, 0) is 13.8 Å². The Kier molecular flexibility index (Phi) is 4.61. The van der Waals surface area contributed by atoms with Crippen LogP contribution in [0.3, 0.4) is 0 Å². The van der Waals surface area contributed by atoms with Gasteiger partial charge in [-0.2, -0.15) is 0 Å². The van der Waals surface area contributed by atoms with E-state index in [2.05, 4.69) is 16.6 Å². The Balaban J connectivity index is 3.33. The second kappa shape index (κ2) is 5.17. The molecular weight excluding hydrogens is 116 g/mol. The SMILES string of the molecule is CC#CCC(C)O[C]=O. The van der Waals surface area contributed by atoms with Gasteiger partial charge < -0.3 is 4.74 Å². The smallest absolute Gasteiger partial charge is 0.417 e. The second-order valence-corrected chi connectivity index (χ2v) is 1.64. The standard InChI is InChI=1S/C7H9O2/c1-3-4-5-7(2)9-6-8/h7H,5H2,1-2H3. The van der Waals surface area contributed by atoms with Crippen LogP contribution in [0, 0.1) is 11.8 Å². The van der Waals surface area contributed by atoms with E-state index >= 15 is 0 Å². The number of hydrogen-bond donors (Lipinski definition) is 0. The molecule has 0 saturated carbocycles. The van der Waals surface area contributed by atoms with Crippen molar-refractivity contribution in [3.05, 3.63) is 0 Å². The van der Waals surface area contributed by atoms with Gasteiger partial charge in [0.25, 0.3) is 0 Å². The van der Waals surface area contributed by atoms with E-state index in [4.69, 9.17) is 0 Å². The summed E-state index contributed by atoms with van der Waals surface area (Å²) in [5.41, 5.74) is 0. The van der Waals surface area contributed by atoms with Crippen molar-refractivity contribution in [2.75, 3.05) is 0 Å². The van der Waals surface area contributed by atoms with Gasteiger partial charge in [-0.1, -0.05) is 5.92 Å². The van der Waals surface area contributed by atoms with Crippen molar-refractivity contribution in [2.24, 2.45) is 0 Å². The summed E-state index contributed by atoms with van der Waals surface area (Å²) in [5.74, 6) is 5.48. The molecule has 9 heavy (non-hydrogen) atoms. The molecule has 0 heterocycles. The predicted molar refractivity (Wildman–Crippen MR) is 34.3 cm³/mol. The van der Waals surface area contributed by atoms with Crippen molar-refractivity contribution in [1.82, 2.24) is 0 Å². The molecule has 0 rings (SSSR count). The molecule has 1 radical (unpaired) electrons. The van der Waals surface area contributed by atoms with Crippen LogP contribution < -0.4 is 0 Å². The quantitative estimate of drug-likeness (QED) is 0.523. The molecule has 49 valence electrons. The lowest BCUT2D eigenvalue weighted by Gasteiger charge is -2.00. The fourth-order valence-corrected chi connectivity index (χ4v) is 0.370. The van der Waals surface area contributed by atoms with E-state index in [1.54, 1.807) is 13.8 Å². The Morgan fingerprint density at radius 3 is 2.78 bits per heavy atom. The monoisotopic (exact) mass is 125 g/mol. The summed E-state index contributed by atoms with van der Waals surface area (Å²) in [6.07, 6.45) is 0.459. The fourth-order valence-electron chi connectivity index (χ4n) is 0.370. The normalized spacial score (nSPS) is 10.9. The lowest BCUT2D eigenvalue weighted by atomic mass is 10.3. The first kappa shape index (κ1) is 8.03. The van der Waals surface area contributed by atoms with Gasteiger partial charge in [-0.25, -0.2) is 4.79 Å². The van der Waals surface area contributed by atoms with Gasteiger partial charge in [0, 0.05) is 6.42 Å². The maximum atomic E-state index is 9.58. The Hall–Kier alpha value is -0.970. The second-order valence-electron chi connectivity index (χ2n) is 1.64. The first-order valence-corrected chi connectivity index (χ1v) is 2.73. The Bertz CT molecular complexity index is 130.